The summed E-state index contributed by atoms with van der Waals surface area (Å²) < 4.78 is 26.4. The molecule has 0 bridgehead atoms. The number of amidine groups is 1. The molecule has 2 aromatic rings. The summed E-state index contributed by atoms with van der Waals surface area (Å²) in [7, 11) is 0. The molecule has 3 aliphatic rings. The van der Waals surface area contributed by atoms with Crippen molar-refractivity contribution in [3.8, 4) is 11.5 Å². The van der Waals surface area contributed by atoms with Crippen molar-refractivity contribution >= 4 is 23.1 Å². The summed E-state index contributed by atoms with van der Waals surface area (Å²) in [6, 6.07) is 8.64. The van der Waals surface area contributed by atoms with Crippen molar-refractivity contribution in [3.63, 3.8) is 0 Å². The lowest BCUT2D eigenvalue weighted by Gasteiger charge is -2.33. The Morgan fingerprint density at radius 3 is 3.04 bits per heavy atom. The molecule has 0 aromatic heterocycles. The number of fused-ring (bicyclic) bond motifs is 2. The summed E-state index contributed by atoms with van der Waals surface area (Å²) >= 11 is 0. The normalized spacial score (nSPS) is 20.2. The maximum absolute atomic E-state index is 14.5. The van der Waals surface area contributed by atoms with Crippen LogP contribution in [0.2, 0.25) is 0 Å². The first-order chi connectivity index (χ1) is 13.6. The molecule has 1 amide bonds. The van der Waals surface area contributed by atoms with Crippen LogP contribution in [0.25, 0.3) is 0 Å². The van der Waals surface area contributed by atoms with Gasteiger partial charge in [0.05, 0.1) is 30.2 Å². The fourth-order valence-electron chi connectivity index (χ4n) is 3.83. The number of halogens is 1. The number of β-lactam (4-membered cyclic amide) rings is 1. The van der Waals surface area contributed by atoms with Crippen molar-refractivity contribution in [1.82, 2.24) is 0 Å². The van der Waals surface area contributed by atoms with Crippen LogP contribution in [0.3, 0.4) is 0 Å². The molecule has 1 atom stereocenters. The highest BCUT2D eigenvalue weighted by Crippen LogP contribution is 2.43. The fourth-order valence-corrected chi connectivity index (χ4v) is 3.83. The highest BCUT2D eigenvalue weighted by atomic mass is 19.1. The number of anilines is 2. The summed E-state index contributed by atoms with van der Waals surface area (Å²) in [5.74, 6) is 1.67. The molecule has 3 heterocycles. The van der Waals surface area contributed by atoms with Gasteiger partial charge in [-0.2, -0.15) is 0 Å². The molecule has 3 aliphatic heterocycles. The number of ether oxygens (including phenoxy) is 2. The summed E-state index contributed by atoms with van der Waals surface area (Å²) in [5.41, 5.74) is 3.02. The number of aliphatic imine (C=N–C) groups is 1. The van der Waals surface area contributed by atoms with Gasteiger partial charge >= 0.3 is 0 Å². The number of hydrogen-bond donors (Lipinski definition) is 1. The SMILES string of the molecule is CC1=NCc2cc(N3CCC3=O)cc(OC3CCOc4cccc(F)c43)c2N1. The fraction of sp³-hybridized carbons (Fsp3) is 0.333. The molecule has 1 saturated heterocycles. The van der Waals surface area contributed by atoms with E-state index in [0.717, 1.165) is 22.8 Å². The first-order valence-electron chi connectivity index (χ1n) is 9.43. The molecule has 144 valence electrons. The first kappa shape index (κ1) is 17.0. The van der Waals surface area contributed by atoms with E-state index in [1.54, 1.807) is 17.0 Å². The third kappa shape index (κ3) is 2.78. The van der Waals surface area contributed by atoms with E-state index in [1.807, 2.05) is 19.1 Å². The Morgan fingerprint density at radius 1 is 1.36 bits per heavy atom. The molecule has 0 aliphatic carbocycles. The van der Waals surface area contributed by atoms with Crippen LogP contribution in [0.5, 0.6) is 11.5 Å². The van der Waals surface area contributed by atoms with Gasteiger partial charge in [0.25, 0.3) is 0 Å². The predicted molar refractivity (Wildman–Crippen MR) is 104 cm³/mol. The average Bonchev–Trinajstić information content (AvgIpc) is 2.67. The van der Waals surface area contributed by atoms with E-state index in [1.165, 1.54) is 6.07 Å². The number of nitrogens with zero attached hydrogens (tertiary/aromatic N) is 2. The third-order valence-corrected chi connectivity index (χ3v) is 5.36. The Bertz CT molecular complexity index is 1000. The smallest absolute Gasteiger partial charge is 0.228 e. The minimum Gasteiger partial charge on any atom is -0.493 e. The van der Waals surface area contributed by atoms with Crippen LogP contribution in [0.1, 0.15) is 37.0 Å². The number of carbonyl (C=O) groups is 1. The van der Waals surface area contributed by atoms with Gasteiger partial charge in [0, 0.05) is 36.7 Å². The Kier molecular flexibility index (Phi) is 3.96. The zero-order valence-corrected chi connectivity index (χ0v) is 15.5. The maximum Gasteiger partial charge on any atom is 0.228 e. The Labute approximate surface area is 162 Å². The molecule has 2 aromatic carbocycles. The molecule has 6 nitrogen and oxygen atoms in total. The van der Waals surface area contributed by atoms with E-state index in [0.29, 0.717) is 49.6 Å². The quantitative estimate of drug-likeness (QED) is 0.822. The van der Waals surface area contributed by atoms with E-state index >= 15 is 0 Å². The van der Waals surface area contributed by atoms with Crippen molar-refractivity contribution in [3.05, 3.63) is 47.3 Å². The predicted octanol–water partition coefficient (Wildman–Crippen LogP) is 3.81. The lowest BCUT2D eigenvalue weighted by molar-refractivity contribution is -0.122. The highest BCUT2D eigenvalue weighted by molar-refractivity contribution is 6.01. The van der Waals surface area contributed by atoms with Crippen molar-refractivity contribution < 1.29 is 18.7 Å². The molecule has 28 heavy (non-hydrogen) atoms. The van der Waals surface area contributed by atoms with Gasteiger partial charge in [0.2, 0.25) is 5.91 Å². The van der Waals surface area contributed by atoms with Gasteiger partial charge in [0.15, 0.2) is 0 Å². The van der Waals surface area contributed by atoms with Crippen LogP contribution < -0.4 is 19.7 Å². The van der Waals surface area contributed by atoms with Crippen LogP contribution in [0.4, 0.5) is 15.8 Å². The molecule has 7 heteroatoms. The van der Waals surface area contributed by atoms with Crippen molar-refractivity contribution in [2.45, 2.75) is 32.4 Å². The van der Waals surface area contributed by atoms with Gasteiger partial charge in [-0.3, -0.25) is 9.79 Å². The van der Waals surface area contributed by atoms with E-state index in [-0.39, 0.29) is 11.7 Å². The van der Waals surface area contributed by atoms with Crippen molar-refractivity contribution in [2.75, 3.05) is 23.4 Å². The average molecular weight is 381 g/mol. The molecule has 5 rings (SSSR count). The standard InChI is InChI=1S/C21H20FN3O3/c1-12-23-11-13-9-14(25-7-5-19(25)26)10-18(21(13)24-12)28-17-6-8-27-16-4-2-3-15(22)20(16)17/h2-4,9-10,17H,5-8,11H2,1H3,(H,23,24). The second kappa shape index (κ2) is 6.51. The van der Waals surface area contributed by atoms with E-state index in [9.17, 15) is 9.18 Å². The van der Waals surface area contributed by atoms with Crippen molar-refractivity contribution in [2.24, 2.45) is 4.99 Å². The van der Waals surface area contributed by atoms with E-state index < -0.39 is 6.10 Å². The Morgan fingerprint density at radius 2 is 2.25 bits per heavy atom. The Balaban J connectivity index is 1.55. The number of rotatable bonds is 3. The summed E-state index contributed by atoms with van der Waals surface area (Å²) in [5, 5.41) is 3.27. The van der Waals surface area contributed by atoms with Crippen LogP contribution in [0.15, 0.2) is 35.3 Å². The molecule has 0 radical (unpaired) electrons. The lowest BCUT2D eigenvalue weighted by atomic mass is 10.0. The molecule has 0 saturated carbocycles. The molecule has 0 spiro atoms. The van der Waals surface area contributed by atoms with Gasteiger partial charge in [-0.25, -0.2) is 4.39 Å². The Hall–Kier alpha value is -3.09. The van der Waals surface area contributed by atoms with Gasteiger partial charge in [-0.05, 0) is 25.1 Å². The number of hydrogen-bond acceptors (Lipinski definition) is 5. The summed E-state index contributed by atoms with van der Waals surface area (Å²) in [6.45, 7) is 3.56. The molecule has 1 fully saturated rings. The van der Waals surface area contributed by atoms with Crippen molar-refractivity contribution in [1.29, 1.82) is 0 Å². The van der Waals surface area contributed by atoms with E-state index in [2.05, 4.69) is 10.3 Å². The van der Waals surface area contributed by atoms with Crippen LogP contribution >= 0.6 is 0 Å². The van der Waals surface area contributed by atoms with Gasteiger partial charge in [-0.1, -0.05) is 6.07 Å². The summed E-state index contributed by atoms with van der Waals surface area (Å²) in [4.78, 5) is 18.1. The largest absolute Gasteiger partial charge is 0.493 e. The van der Waals surface area contributed by atoms with Crippen LogP contribution in [-0.2, 0) is 11.3 Å². The molecular formula is C21H20FN3O3. The number of benzene rings is 2. The van der Waals surface area contributed by atoms with Gasteiger partial charge in [0.1, 0.15) is 23.4 Å². The molecular weight excluding hydrogens is 361 g/mol. The minimum absolute atomic E-state index is 0.0943. The highest BCUT2D eigenvalue weighted by Gasteiger charge is 2.31. The molecule has 1 unspecified atom stereocenters. The van der Waals surface area contributed by atoms with Crippen LogP contribution in [-0.4, -0.2) is 24.9 Å². The van der Waals surface area contributed by atoms with Gasteiger partial charge in [-0.15, -0.1) is 0 Å². The second-order valence-electron chi connectivity index (χ2n) is 7.20. The second-order valence-corrected chi connectivity index (χ2v) is 7.20. The zero-order valence-electron chi connectivity index (χ0n) is 15.5. The minimum atomic E-state index is -0.461. The summed E-state index contributed by atoms with van der Waals surface area (Å²) in [6.07, 6.45) is 0.640. The topological polar surface area (TPSA) is 63.2 Å². The van der Waals surface area contributed by atoms with Gasteiger partial charge < -0.3 is 19.7 Å². The zero-order chi connectivity index (χ0) is 19.3. The first-order valence-corrected chi connectivity index (χ1v) is 9.43. The monoisotopic (exact) mass is 381 g/mol. The van der Waals surface area contributed by atoms with E-state index in [4.69, 9.17) is 9.47 Å². The van der Waals surface area contributed by atoms with Crippen LogP contribution in [0, 0.1) is 5.82 Å². The number of amides is 1. The number of nitrogens with one attached hydrogen (secondary N) is 1. The lowest BCUT2D eigenvalue weighted by Crippen LogP contribution is -2.43. The third-order valence-electron chi connectivity index (χ3n) is 5.36. The molecule has 1 N–H and O–H groups in total. The number of carbonyl (C=O) groups excluding carboxylic acids is 1. The maximum atomic E-state index is 14.5.